The molecule has 6 heteroatoms. The van der Waals surface area contributed by atoms with E-state index < -0.39 is 40.5 Å². The first kappa shape index (κ1) is 19.7. The predicted molar refractivity (Wildman–Crippen MR) is 101 cm³/mol. The van der Waals surface area contributed by atoms with Crippen molar-refractivity contribution in [3.05, 3.63) is 76.6 Å². The van der Waals surface area contributed by atoms with E-state index in [0.717, 1.165) is 10.8 Å². The Morgan fingerprint density at radius 3 is 2.36 bits per heavy atom. The van der Waals surface area contributed by atoms with Crippen LogP contribution in [0.3, 0.4) is 0 Å². The molecule has 0 spiro atoms. The largest absolute Gasteiger partial charge is 0.497 e. The van der Waals surface area contributed by atoms with E-state index in [1.807, 2.05) is 25.1 Å². The number of ether oxygens (including phenoxy) is 1. The monoisotopic (exact) mass is 388 g/mol. The summed E-state index contributed by atoms with van der Waals surface area (Å²) in [4.78, 5) is 11.0. The summed E-state index contributed by atoms with van der Waals surface area (Å²) < 4.78 is 48.7. The molecule has 3 nitrogen and oxygen atoms in total. The van der Waals surface area contributed by atoms with Crippen LogP contribution in [0.2, 0.25) is 0 Å². The second kappa shape index (κ2) is 7.92. The summed E-state index contributed by atoms with van der Waals surface area (Å²) in [6.45, 7) is 1.86. The molecule has 0 saturated carbocycles. The number of carboxylic acid groups (broad SMARTS) is 1. The van der Waals surface area contributed by atoms with Gasteiger partial charge in [0.1, 0.15) is 17.1 Å². The summed E-state index contributed by atoms with van der Waals surface area (Å²) in [5, 5.41) is 10.7. The molecule has 1 atom stereocenters. The molecule has 0 saturated heterocycles. The lowest BCUT2D eigenvalue weighted by Crippen LogP contribution is -2.13. The van der Waals surface area contributed by atoms with Crippen molar-refractivity contribution in [2.45, 2.75) is 25.7 Å². The Labute approximate surface area is 160 Å². The van der Waals surface area contributed by atoms with Crippen LogP contribution in [0, 0.1) is 17.5 Å². The number of fused-ring (bicyclic) bond motifs is 1. The van der Waals surface area contributed by atoms with E-state index in [1.54, 1.807) is 25.3 Å². The van der Waals surface area contributed by atoms with Gasteiger partial charge in [-0.25, -0.2) is 18.0 Å². The zero-order valence-corrected chi connectivity index (χ0v) is 15.4. The molecule has 0 radical (unpaired) electrons. The van der Waals surface area contributed by atoms with Gasteiger partial charge in [-0.05, 0) is 41.0 Å². The molecule has 3 rings (SSSR count). The molecule has 3 aromatic rings. The minimum absolute atomic E-state index is 0.376. The highest BCUT2D eigenvalue weighted by Gasteiger charge is 2.28. The number of halogens is 3. The summed E-state index contributed by atoms with van der Waals surface area (Å²) in [5.74, 6) is -5.83. The number of hydrogen-bond acceptors (Lipinski definition) is 2. The molecule has 0 amide bonds. The van der Waals surface area contributed by atoms with Gasteiger partial charge in [-0.15, -0.1) is 0 Å². The maximum absolute atomic E-state index is 14.7. The fraction of sp³-hybridized carbons (Fsp3) is 0.227. The van der Waals surface area contributed by atoms with E-state index in [0.29, 0.717) is 30.2 Å². The first-order valence-corrected chi connectivity index (χ1v) is 8.85. The molecule has 0 aliphatic carbocycles. The highest BCUT2D eigenvalue weighted by Crippen LogP contribution is 2.36. The molecule has 0 bridgehead atoms. The van der Waals surface area contributed by atoms with Gasteiger partial charge in [0.05, 0.1) is 7.11 Å². The zero-order chi connectivity index (χ0) is 20.4. The van der Waals surface area contributed by atoms with Gasteiger partial charge in [0.15, 0.2) is 11.6 Å². The molecule has 0 aliphatic rings. The van der Waals surface area contributed by atoms with Crippen LogP contribution in [-0.4, -0.2) is 18.2 Å². The van der Waals surface area contributed by atoms with Crippen molar-refractivity contribution in [2.75, 3.05) is 7.11 Å². The number of aromatic carboxylic acids is 1. The minimum Gasteiger partial charge on any atom is -0.497 e. The fourth-order valence-electron chi connectivity index (χ4n) is 3.44. The lowest BCUT2D eigenvalue weighted by atomic mass is 9.85. The van der Waals surface area contributed by atoms with Crippen LogP contribution in [-0.2, 0) is 0 Å². The quantitative estimate of drug-likeness (QED) is 0.535. The van der Waals surface area contributed by atoms with Crippen molar-refractivity contribution in [1.82, 2.24) is 0 Å². The third-order valence-corrected chi connectivity index (χ3v) is 4.82. The van der Waals surface area contributed by atoms with Gasteiger partial charge in [0.25, 0.3) is 0 Å². The van der Waals surface area contributed by atoms with Crippen molar-refractivity contribution in [3.63, 3.8) is 0 Å². The molecule has 28 heavy (non-hydrogen) atoms. The van der Waals surface area contributed by atoms with E-state index in [9.17, 15) is 18.0 Å². The van der Waals surface area contributed by atoms with Crippen molar-refractivity contribution in [2.24, 2.45) is 0 Å². The first-order chi connectivity index (χ1) is 13.4. The Morgan fingerprint density at radius 1 is 1.04 bits per heavy atom. The molecular weight excluding hydrogens is 369 g/mol. The SMILES string of the molecule is CCCC(c1ccc2cc(OC)ccc2c1)c1c(F)cc(C(=O)O)c(F)c1F. The molecule has 1 N–H and O–H groups in total. The second-order valence-corrected chi connectivity index (χ2v) is 6.57. The van der Waals surface area contributed by atoms with Crippen molar-refractivity contribution in [1.29, 1.82) is 0 Å². The van der Waals surface area contributed by atoms with Gasteiger partial charge in [-0.2, -0.15) is 0 Å². The van der Waals surface area contributed by atoms with Crippen molar-refractivity contribution in [3.8, 4) is 5.75 Å². The second-order valence-electron chi connectivity index (χ2n) is 6.57. The molecule has 1 unspecified atom stereocenters. The van der Waals surface area contributed by atoms with Crippen molar-refractivity contribution < 1.29 is 27.8 Å². The number of methoxy groups -OCH3 is 1. The summed E-state index contributed by atoms with van der Waals surface area (Å²) in [6, 6.07) is 11.4. The average molecular weight is 388 g/mol. The van der Waals surface area contributed by atoms with Crippen LogP contribution in [0.5, 0.6) is 5.75 Å². The van der Waals surface area contributed by atoms with Crippen LogP contribution >= 0.6 is 0 Å². The molecule has 0 heterocycles. The van der Waals surface area contributed by atoms with Gasteiger partial charge >= 0.3 is 5.97 Å². The van der Waals surface area contributed by atoms with E-state index in [2.05, 4.69) is 0 Å². The Balaban J connectivity index is 2.16. The first-order valence-electron chi connectivity index (χ1n) is 8.85. The zero-order valence-electron chi connectivity index (χ0n) is 15.4. The van der Waals surface area contributed by atoms with Crippen LogP contribution in [0.25, 0.3) is 10.8 Å². The smallest absolute Gasteiger partial charge is 0.338 e. The molecule has 0 fully saturated rings. The Kier molecular flexibility index (Phi) is 5.58. The number of benzene rings is 3. The Bertz CT molecular complexity index is 1050. The van der Waals surface area contributed by atoms with Gasteiger partial charge in [0, 0.05) is 11.5 Å². The summed E-state index contributed by atoms with van der Waals surface area (Å²) in [6.07, 6.45) is 0.980. The maximum Gasteiger partial charge on any atom is 0.338 e. The highest BCUT2D eigenvalue weighted by atomic mass is 19.2. The maximum atomic E-state index is 14.7. The molecule has 3 aromatic carbocycles. The van der Waals surface area contributed by atoms with Gasteiger partial charge < -0.3 is 9.84 Å². The molecular formula is C22H19F3O3. The van der Waals surface area contributed by atoms with E-state index >= 15 is 0 Å². The predicted octanol–water partition coefficient (Wildman–Crippen LogP) is 5.90. The van der Waals surface area contributed by atoms with E-state index in [-0.39, 0.29) is 0 Å². The van der Waals surface area contributed by atoms with Crippen LogP contribution in [0.4, 0.5) is 13.2 Å². The summed E-state index contributed by atoms with van der Waals surface area (Å²) in [7, 11) is 1.56. The standard InChI is InChI=1S/C22H19F3O3/c1-3-4-16(19-18(23)11-17(22(26)27)20(24)21(19)25)14-6-5-13-10-15(28-2)8-7-12(13)9-14/h5-11,16H,3-4H2,1-2H3,(H,26,27). The van der Waals surface area contributed by atoms with Gasteiger partial charge in [-0.1, -0.05) is 37.6 Å². The van der Waals surface area contributed by atoms with Crippen molar-refractivity contribution >= 4 is 16.7 Å². The third-order valence-electron chi connectivity index (χ3n) is 4.82. The summed E-state index contributed by atoms with van der Waals surface area (Å²) in [5.41, 5.74) is -0.836. The Hall–Kier alpha value is -3.02. The van der Waals surface area contributed by atoms with Crippen LogP contribution < -0.4 is 4.74 Å². The number of rotatable bonds is 6. The molecule has 0 aromatic heterocycles. The van der Waals surface area contributed by atoms with Crippen LogP contribution in [0.1, 0.15) is 47.2 Å². The Morgan fingerprint density at radius 2 is 1.71 bits per heavy atom. The molecule has 146 valence electrons. The molecule has 0 aliphatic heterocycles. The minimum atomic E-state index is -1.71. The van der Waals surface area contributed by atoms with E-state index in [1.165, 1.54) is 0 Å². The number of hydrogen-bond donors (Lipinski definition) is 1. The number of carbonyl (C=O) groups is 1. The topological polar surface area (TPSA) is 46.5 Å². The summed E-state index contributed by atoms with van der Waals surface area (Å²) >= 11 is 0. The normalized spacial score (nSPS) is 12.2. The van der Waals surface area contributed by atoms with Gasteiger partial charge in [0.2, 0.25) is 0 Å². The average Bonchev–Trinajstić information content (AvgIpc) is 2.69. The van der Waals surface area contributed by atoms with E-state index in [4.69, 9.17) is 9.84 Å². The van der Waals surface area contributed by atoms with Crippen LogP contribution in [0.15, 0.2) is 42.5 Å². The van der Waals surface area contributed by atoms with Gasteiger partial charge in [-0.3, -0.25) is 0 Å². The lowest BCUT2D eigenvalue weighted by molar-refractivity contribution is 0.0689. The number of carboxylic acids is 1. The fourth-order valence-corrected chi connectivity index (χ4v) is 3.44. The highest BCUT2D eigenvalue weighted by molar-refractivity contribution is 5.88. The third kappa shape index (κ3) is 3.54. The lowest BCUT2D eigenvalue weighted by Gasteiger charge is -2.20.